The average Bonchev–Trinajstić information content (AvgIpc) is 2.46. The van der Waals surface area contributed by atoms with E-state index in [9.17, 15) is 4.79 Å². The van der Waals surface area contributed by atoms with Crippen LogP contribution in [0.15, 0.2) is 60.7 Å². The van der Waals surface area contributed by atoms with Crippen LogP contribution in [-0.4, -0.2) is 10.8 Å². The number of aromatic nitrogens is 1. The van der Waals surface area contributed by atoms with Gasteiger partial charge in [0.05, 0.1) is 5.52 Å². The van der Waals surface area contributed by atoms with Gasteiger partial charge in [0.15, 0.2) is 5.78 Å². The standard InChI is InChI=1S/C17H13NO/c1-12-11-15(14-9-5-6-10-16(14)18-12)17(19)13-7-3-2-4-8-13/h2-11H,1H3. The topological polar surface area (TPSA) is 30.0 Å². The molecule has 0 aliphatic rings. The third kappa shape index (κ3) is 2.13. The fourth-order valence-corrected chi connectivity index (χ4v) is 2.24. The van der Waals surface area contributed by atoms with Crippen LogP contribution in [0.5, 0.6) is 0 Å². The number of hydrogen-bond donors (Lipinski definition) is 0. The number of pyridine rings is 1. The fraction of sp³-hybridized carbons (Fsp3) is 0.0588. The van der Waals surface area contributed by atoms with Gasteiger partial charge in [0.1, 0.15) is 0 Å². The van der Waals surface area contributed by atoms with Gasteiger partial charge < -0.3 is 0 Å². The first-order chi connectivity index (χ1) is 9.25. The Hall–Kier alpha value is -2.48. The number of nitrogens with zero attached hydrogens (tertiary/aromatic N) is 1. The van der Waals surface area contributed by atoms with Crippen molar-refractivity contribution < 1.29 is 4.79 Å². The van der Waals surface area contributed by atoms with Crippen molar-refractivity contribution in [3.63, 3.8) is 0 Å². The molecule has 2 nitrogen and oxygen atoms in total. The highest BCUT2D eigenvalue weighted by molar-refractivity contribution is 6.15. The summed E-state index contributed by atoms with van der Waals surface area (Å²) in [6.07, 6.45) is 0. The van der Waals surface area contributed by atoms with Gasteiger partial charge in [-0.05, 0) is 19.1 Å². The van der Waals surface area contributed by atoms with E-state index < -0.39 is 0 Å². The first-order valence-electron chi connectivity index (χ1n) is 6.22. The summed E-state index contributed by atoms with van der Waals surface area (Å²) in [4.78, 5) is 17.0. The molecule has 0 radical (unpaired) electrons. The third-order valence-corrected chi connectivity index (χ3v) is 3.12. The van der Waals surface area contributed by atoms with Crippen molar-refractivity contribution in [3.8, 4) is 0 Å². The number of hydrogen-bond acceptors (Lipinski definition) is 2. The first-order valence-corrected chi connectivity index (χ1v) is 6.22. The molecule has 0 saturated heterocycles. The van der Waals surface area contributed by atoms with Crippen LogP contribution in [0.4, 0.5) is 0 Å². The number of fused-ring (bicyclic) bond motifs is 1. The molecule has 19 heavy (non-hydrogen) atoms. The molecule has 1 heterocycles. The molecular weight excluding hydrogens is 234 g/mol. The van der Waals surface area contributed by atoms with Gasteiger partial charge in [0, 0.05) is 22.2 Å². The summed E-state index contributed by atoms with van der Waals surface area (Å²) in [5.41, 5.74) is 3.15. The summed E-state index contributed by atoms with van der Waals surface area (Å²) in [5, 5.41) is 0.905. The summed E-state index contributed by atoms with van der Waals surface area (Å²) >= 11 is 0. The number of aryl methyl sites for hydroxylation is 1. The van der Waals surface area contributed by atoms with E-state index in [1.807, 2.05) is 67.6 Å². The van der Waals surface area contributed by atoms with E-state index >= 15 is 0 Å². The van der Waals surface area contributed by atoms with Gasteiger partial charge in [-0.2, -0.15) is 0 Å². The number of ketones is 1. The first kappa shape index (κ1) is 11.6. The van der Waals surface area contributed by atoms with Gasteiger partial charge in [-0.25, -0.2) is 0 Å². The Labute approximate surface area is 111 Å². The Morgan fingerprint density at radius 3 is 2.42 bits per heavy atom. The van der Waals surface area contributed by atoms with Gasteiger partial charge in [0.2, 0.25) is 0 Å². The predicted octanol–water partition coefficient (Wildman–Crippen LogP) is 3.77. The van der Waals surface area contributed by atoms with Crippen LogP contribution >= 0.6 is 0 Å². The average molecular weight is 247 g/mol. The van der Waals surface area contributed by atoms with Crippen LogP contribution in [0.25, 0.3) is 10.9 Å². The molecule has 0 N–H and O–H groups in total. The highest BCUT2D eigenvalue weighted by Crippen LogP contribution is 2.21. The lowest BCUT2D eigenvalue weighted by molar-refractivity contribution is 0.104. The van der Waals surface area contributed by atoms with Crippen LogP contribution < -0.4 is 0 Å². The van der Waals surface area contributed by atoms with E-state index in [-0.39, 0.29) is 5.78 Å². The molecule has 0 bridgehead atoms. The maximum Gasteiger partial charge on any atom is 0.193 e. The van der Waals surface area contributed by atoms with Gasteiger partial charge in [-0.15, -0.1) is 0 Å². The molecule has 2 aromatic carbocycles. The van der Waals surface area contributed by atoms with Gasteiger partial charge >= 0.3 is 0 Å². The smallest absolute Gasteiger partial charge is 0.193 e. The second kappa shape index (κ2) is 4.65. The summed E-state index contributed by atoms with van der Waals surface area (Å²) in [6, 6.07) is 19.0. The molecule has 92 valence electrons. The molecule has 0 amide bonds. The molecule has 0 fully saturated rings. The highest BCUT2D eigenvalue weighted by atomic mass is 16.1. The van der Waals surface area contributed by atoms with E-state index in [2.05, 4.69) is 4.98 Å². The molecule has 3 aromatic rings. The van der Waals surface area contributed by atoms with Crippen molar-refractivity contribution in [1.82, 2.24) is 4.98 Å². The minimum atomic E-state index is 0.0438. The van der Waals surface area contributed by atoms with Gasteiger partial charge in [-0.3, -0.25) is 9.78 Å². The normalized spacial score (nSPS) is 10.6. The number of rotatable bonds is 2. The SMILES string of the molecule is Cc1cc(C(=O)c2ccccc2)c2ccccc2n1. The van der Waals surface area contributed by atoms with Crippen molar-refractivity contribution >= 4 is 16.7 Å². The lowest BCUT2D eigenvalue weighted by atomic mass is 9.99. The number of benzene rings is 2. The zero-order valence-electron chi connectivity index (χ0n) is 10.6. The van der Waals surface area contributed by atoms with Gasteiger partial charge in [-0.1, -0.05) is 48.5 Å². The zero-order chi connectivity index (χ0) is 13.2. The van der Waals surface area contributed by atoms with Crippen LogP contribution in [0.1, 0.15) is 21.6 Å². The number of carbonyl (C=O) groups excluding carboxylic acids is 1. The van der Waals surface area contributed by atoms with E-state index in [4.69, 9.17) is 0 Å². The largest absolute Gasteiger partial charge is 0.289 e. The maximum absolute atomic E-state index is 12.6. The number of carbonyl (C=O) groups is 1. The molecule has 0 spiro atoms. The quantitative estimate of drug-likeness (QED) is 0.645. The van der Waals surface area contributed by atoms with Crippen molar-refractivity contribution in [2.45, 2.75) is 6.92 Å². The summed E-state index contributed by atoms with van der Waals surface area (Å²) in [6.45, 7) is 1.91. The molecule has 1 aromatic heterocycles. The van der Waals surface area contributed by atoms with E-state index in [1.165, 1.54) is 0 Å². The summed E-state index contributed by atoms with van der Waals surface area (Å²) in [7, 11) is 0. The van der Waals surface area contributed by atoms with E-state index in [0.29, 0.717) is 11.1 Å². The second-order valence-corrected chi connectivity index (χ2v) is 4.52. The Balaban J connectivity index is 2.23. The molecule has 0 aliphatic heterocycles. The Kier molecular flexibility index (Phi) is 2.84. The molecule has 3 rings (SSSR count). The molecule has 0 aliphatic carbocycles. The molecular formula is C17H13NO. The van der Waals surface area contributed by atoms with Crippen molar-refractivity contribution in [3.05, 3.63) is 77.5 Å². The minimum Gasteiger partial charge on any atom is -0.289 e. The van der Waals surface area contributed by atoms with Crippen LogP contribution in [0, 0.1) is 6.92 Å². The monoisotopic (exact) mass is 247 g/mol. The van der Waals surface area contributed by atoms with Crippen molar-refractivity contribution in [2.24, 2.45) is 0 Å². The predicted molar refractivity (Wildman–Crippen MR) is 76.4 cm³/mol. The summed E-state index contributed by atoms with van der Waals surface area (Å²) < 4.78 is 0. The van der Waals surface area contributed by atoms with Crippen molar-refractivity contribution in [2.75, 3.05) is 0 Å². The Morgan fingerprint density at radius 1 is 0.947 bits per heavy atom. The maximum atomic E-state index is 12.6. The van der Waals surface area contributed by atoms with E-state index in [0.717, 1.165) is 16.6 Å². The second-order valence-electron chi connectivity index (χ2n) is 4.52. The Bertz CT molecular complexity index is 748. The van der Waals surface area contributed by atoms with Crippen LogP contribution in [0.3, 0.4) is 0 Å². The molecule has 0 unspecified atom stereocenters. The van der Waals surface area contributed by atoms with Crippen LogP contribution in [-0.2, 0) is 0 Å². The zero-order valence-corrected chi connectivity index (χ0v) is 10.6. The Morgan fingerprint density at radius 2 is 1.63 bits per heavy atom. The fourth-order valence-electron chi connectivity index (χ4n) is 2.24. The summed E-state index contributed by atoms with van der Waals surface area (Å²) in [5.74, 6) is 0.0438. The van der Waals surface area contributed by atoms with Crippen molar-refractivity contribution in [1.29, 1.82) is 0 Å². The molecule has 2 heteroatoms. The van der Waals surface area contributed by atoms with Crippen LogP contribution in [0.2, 0.25) is 0 Å². The van der Waals surface area contributed by atoms with E-state index in [1.54, 1.807) is 0 Å². The lowest BCUT2D eigenvalue weighted by Gasteiger charge is -2.07. The minimum absolute atomic E-state index is 0.0438. The number of para-hydroxylation sites is 1. The molecule has 0 atom stereocenters. The third-order valence-electron chi connectivity index (χ3n) is 3.12. The van der Waals surface area contributed by atoms with Gasteiger partial charge in [0.25, 0.3) is 0 Å². The highest BCUT2D eigenvalue weighted by Gasteiger charge is 2.13. The lowest BCUT2D eigenvalue weighted by Crippen LogP contribution is -2.03. The molecule has 0 saturated carbocycles.